The summed E-state index contributed by atoms with van der Waals surface area (Å²) in [6.45, 7) is 3.61. The van der Waals surface area contributed by atoms with E-state index in [1.165, 1.54) is 6.07 Å². The van der Waals surface area contributed by atoms with Gasteiger partial charge in [-0.3, -0.25) is 19.7 Å². The van der Waals surface area contributed by atoms with E-state index in [1.54, 1.807) is 38.1 Å². The number of aromatic hydroxyl groups is 1. The summed E-state index contributed by atoms with van der Waals surface area (Å²) in [7, 11) is 0. The number of nitro groups is 1. The minimum atomic E-state index is -1.02. The fraction of sp³-hybridized carbons (Fsp3) is 0.167. The van der Waals surface area contributed by atoms with E-state index in [0.29, 0.717) is 5.69 Å². The highest BCUT2D eigenvalue weighted by Gasteiger charge is 2.20. The standard InChI is InChI=1S/C18H18N4O6/c1-3-28-15-9-12(8-14(16(15)23)22(26)27)10-19-21-18(25)17(24)20-13-7-5-4-6-11(13)2/h4-10,23H,3H2,1-2H3,(H,20,24)(H,21,25)/b19-10+. The van der Waals surface area contributed by atoms with Crippen molar-refractivity contribution >= 4 is 29.4 Å². The Balaban J connectivity index is 2.09. The molecule has 146 valence electrons. The number of rotatable bonds is 6. The number of carbonyl (C=O) groups is 2. The molecule has 0 aliphatic heterocycles. The average Bonchev–Trinajstić information content (AvgIpc) is 2.65. The maximum Gasteiger partial charge on any atom is 0.329 e. The number of amides is 2. The van der Waals surface area contributed by atoms with Gasteiger partial charge in [0.1, 0.15) is 0 Å². The Bertz CT molecular complexity index is 942. The van der Waals surface area contributed by atoms with Gasteiger partial charge >= 0.3 is 17.5 Å². The summed E-state index contributed by atoms with van der Waals surface area (Å²) in [4.78, 5) is 34.0. The van der Waals surface area contributed by atoms with E-state index in [1.807, 2.05) is 5.43 Å². The van der Waals surface area contributed by atoms with Crippen LogP contribution < -0.4 is 15.5 Å². The van der Waals surface area contributed by atoms with E-state index in [-0.39, 0.29) is 17.9 Å². The highest BCUT2D eigenvalue weighted by molar-refractivity contribution is 6.39. The smallest absolute Gasteiger partial charge is 0.329 e. The molecule has 0 saturated heterocycles. The fourth-order valence-electron chi connectivity index (χ4n) is 2.20. The Morgan fingerprint density at radius 3 is 2.64 bits per heavy atom. The molecule has 10 heteroatoms. The van der Waals surface area contributed by atoms with Crippen LogP contribution in [0.5, 0.6) is 11.5 Å². The van der Waals surface area contributed by atoms with E-state index >= 15 is 0 Å². The molecule has 2 rings (SSSR count). The second-order valence-corrected chi connectivity index (χ2v) is 5.55. The number of phenols is 1. The van der Waals surface area contributed by atoms with Crippen LogP contribution >= 0.6 is 0 Å². The summed E-state index contributed by atoms with van der Waals surface area (Å²) in [6, 6.07) is 9.30. The summed E-state index contributed by atoms with van der Waals surface area (Å²) in [5.74, 6) is -2.64. The van der Waals surface area contributed by atoms with Crippen molar-refractivity contribution in [2.75, 3.05) is 11.9 Å². The van der Waals surface area contributed by atoms with Crippen molar-refractivity contribution < 1.29 is 24.4 Å². The molecule has 0 aromatic heterocycles. The van der Waals surface area contributed by atoms with E-state index in [0.717, 1.165) is 17.8 Å². The quantitative estimate of drug-likeness (QED) is 0.300. The summed E-state index contributed by atoms with van der Waals surface area (Å²) in [5.41, 5.74) is 2.92. The molecule has 0 unspecified atom stereocenters. The third-order valence-corrected chi connectivity index (χ3v) is 3.55. The van der Waals surface area contributed by atoms with E-state index in [4.69, 9.17) is 4.74 Å². The van der Waals surface area contributed by atoms with Crippen molar-refractivity contribution in [2.45, 2.75) is 13.8 Å². The minimum absolute atomic E-state index is 0.0956. The molecule has 0 aliphatic carbocycles. The van der Waals surface area contributed by atoms with Gasteiger partial charge in [-0.1, -0.05) is 18.2 Å². The number of nitrogens with one attached hydrogen (secondary N) is 2. The van der Waals surface area contributed by atoms with Gasteiger partial charge in [0.25, 0.3) is 0 Å². The molecule has 0 spiro atoms. The van der Waals surface area contributed by atoms with Gasteiger partial charge in [-0.05, 0) is 31.5 Å². The summed E-state index contributed by atoms with van der Waals surface area (Å²) < 4.78 is 5.14. The first-order valence-electron chi connectivity index (χ1n) is 8.17. The van der Waals surface area contributed by atoms with Crippen LogP contribution in [0.25, 0.3) is 0 Å². The third kappa shape index (κ3) is 5.04. The van der Waals surface area contributed by atoms with Crippen molar-refractivity contribution in [3.63, 3.8) is 0 Å². The monoisotopic (exact) mass is 386 g/mol. The third-order valence-electron chi connectivity index (χ3n) is 3.55. The Morgan fingerprint density at radius 2 is 2.00 bits per heavy atom. The second kappa shape index (κ2) is 9.12. The van der Waals surface area contributed by atoms with Gasteiger partial charge in [-0.15, -0.1) is 0 Å². The summed E-state index contributed by atoms with van der Waals surface area (Å²) >= 11 is 0. The maximum atomic E-state index is 11.9. The first-order valence-corrected chi connectivity index (χ1v) is 8.17. The number of nitrogens with zero attached hydrogens (tertiary/aromatic N) is 2. The SMILES string of the molecule is CCOc1cc(/C=N/NC(=O)C(=O)Nc2ccccc2C)cc([N+](=O)[O-])c1O. The Morgan fingerprint density at radius 1 is 1.29 bits per heavy atom. The normalized spacial score (nSPS) is 10.5. The number of hydrogen-bond acceptors (Lipinski definition) is 7. The molecule has 2 aromatic rings. The lowest BCUT2D eigenvalue weighted by Crippen LogP contribution is -2.32. The lowest BCUT2D eigenvalue weighted by Gasteiger charge is -2.07. The number of aryl methyl sites for hydroxylation is 1. The van der Waals surface area contributed by atoms with E-state index < -0.39 is 28.2 Å². The zero-order valence-corrected chi connectivity index (χ0v) is 15.1. The topological polar surface area (TPSA) is 143 Å². The number of hydrogen-bond donors (Lipinski definition) is 3. The van der Waals surface area contributed by atoms with Gasteiger partial charge in [0.15, 0.2) is 5.75 Å². The number of phenolic OH excluding ortho intramolecular Hbond substituents is 1. The van der Waals surface area contributed by atoms with Crippen molar-refractivity contribution in [3.05, 3.63) is 57.6 Å². The molecular weight excluding hydrogens is 368 g/mol. The van der Waals surface area contributed by atoms with Crippen molar-refractivity contribution in [1.29, 1.82) is 0 Å². The molecule has 2 amide bonds. The molecule has 28 heavy (non-hydrogen) atoms. The maximum absolute atomic E-state index is 11.9. The van der Waals surface area contributed by atoms with Gasteiger partial charge in [0.2, 0.25) is 5.75 Å². The van der Waals surface area contributed by atoms with Gasteiger partial charge in [-0.25, -0.2) is 5.43 Å². The molecular formula is C18H18N4O6. The van der Waals surface area contributed by atoms with Crippen molar-refractivity contribution in [1.82, 2.24) is 5.43 Å². The zero-order valence-electron chi connectivity index (χ0n) is 15.1. The van der Waals surface area contributed by atoms with E-state index in [9.17, 15) is 24.8 Å². The zero-order chi connectivity index (χ0) is 20.7. The number of ether oxygens (including phenoxy) is 1. The summed E-state index contributed by atoms with van der Waals surface area (Å²) in [6.07, 6.45) is 1.09. The number of para-hydroxylation sites is 1. The predicted molar refractivity (Wildman–Crippen MR) is 101 cm³/mol. The number of carbonyl (C=O) groups excluding carboxylic acids is 2. The fourth-order valence-corrected chi connectivity index (χ4v) is 2.20. The van der Waals surface area contributed by atoms with Gasteiger partial charge in [0, 0.05) is 17.3 Å². The van der Waals surface area contributed by atoms with Gasteiger partial charge in [-0.2, -0.15) is 5.10 Å². The molecule has 10 nitrogen and oxygen atoms in total. The summed E-state index contributed by atoms with van der Waals surface area (Å²) in [5, 5.41) is 26.9. The first-order chi connectivity index (χ1) is 13.3. The van der Waals surface area contributed by atoms with Gasteiger partial charge in [0.05, 0.1) is 17.7 Å². The Kier molecular flexibility index (Phi) is 6.63. The van der Waals surface area contributed by atoms with Crippen LogP contribution in [0.1, 0.15) is 18.1 Å². The molecule has 3 N–H and O–H groups in total. The largest absolute Gasteiger partial charge is 0.500 e. The van der Waals surface area contributed by atoms with Crippen molar-refractivity contribution in [3.8, 4) is 11.5 Å². The van der Waals surface area contributed by atoms with Gasteiger partial charge < -0.3 is 15.2 Å². The predicted octanol–water partition coefficient (Wildman–Crippen LogP) is 2.10. The number of nitro benzene ring substituents is 1. The van der Waals surface area contributed by atoms with Crippen molar-refractivity contribution in [2.24, 2.45) is 5.10 Å². The highest BCUT2D eigenvalue weighted by Crippen LogP contribution is 2.36. The Hall–Kier alpha value is -3.95. The molecule has 0 aliphatic rings. The van der Waals surface area contributed by atoms with E-state index in [2.05, 4.69) is 10.4 Å². The van der Waals surface area contributed by atoms with Crippen LogP contribution in [0, 0.1) is 17.0 Å². The minimum Gasteiger partial charge on any atom is -0.500 e. The average molecular weight is 386 g/mol. The van der Waals surface area contributed by atoms with Crippen LogP contribution in [0.2, 0.25) is 0 Å². The van der Waals surface area contributed by atoms with Crippen LogP contribution in [0.3, 0.4) is 0 Å². The highest BCUT2D eigenvalue weighted by atomic mass is 16.6. The number of hydrazone groups is 1. The number of anilines is 1. The first kappa shape index (κ1) is 20.4. The number of benzene rings is 2. The Labute approximate surface area is 160 Å². The van der Waals surface area contributed by atoms with Crippen LogP contribution in [0.15, 0.2) is 41.5 Å². The lowest BCUT2D eigenvalue weighted by atomic mass is 10.2. The molecule has 0 radical (unpaired) electrons. The van der Waals surface area contributed by atoms with Crippen LogP contribution in [0.4, 0.5) is 11.4 Å². The molecule has 0 fully saturated rings. The van der Waals surface area contributed by atoms with Crippen LogP contribution in [-0.4, -0.2) is 34.7 Å². The molecule has 0 heterocycles. The lowest BCUT2D eigenvalue weighted by molar-refractivity contribution is -0.386. The second-order valence-electron chi connectivity index (χ2n) is 5.55. The molecule has 0 bridgehead atoms. The molecule has 0 saturated carbocycles. The molecule has 2 aromatic carbocycles. The van der Waals surface area contributed by atoms with Crippen LogP contribution in [-0.2, 0) is 9.59 Å². The molecule has 0 atom stereocenters.